The van der Waals surface area contributed by atoms with Crippen molar-refractivity contribution in [1.82, 2.24) is 29.2 Å². The number of alkyl halides is 3. The van der Waals surface area contributed by atoms with Crippen LogP contribution in [-0.4, -0.2) is 67.0 Å². The minimum absolute atomic E-state index is 0.0215. The molecule has 7 nitrogen and oxygen atoms in total. The molecule has 2 aliphatic heterocycles. The Labute approximate surface area is 170 Å². The maximum absolute atomic E-state index is 13.4. The van der Waals surface area contributed by atoms with Crippen LogP contribution in [0.25, 0.3) is 16.7 Å². The van der Waals surface area contributed by atoms with Gasteiger partial charge in [-0.05, 0) is 31.2 Å². The second kappa shape index (κ2) is 6.88. The fourth-order valence-electron chi connectivity index (χ4n) is 4.86. The lowest BCUT2D eigenvalue weighted by Crippen LogP contribution is -2.53. The molecule has 2 fully saturated rings. The molecule has 0 aliphatic carbocycles. The minimum Gasteiger partial charge on any atom is -0.345 e. The van der Waals surface area contributed by atoms with Crippen LogP contribution in [0, 0.1) is 5.92 Å². The highest BCUT2D eigenvalue weighted by Gasteiger charge is 2.49. The van der Waals surface area contributed by atoms with Crippen LogP contribution in [0.5, 0.6) is 0 Å². The van der Waals surface area contributed by atoms with E-state index in [2.05, 4.69) is 21.9 Å². The summed E-state index contributed by atoms with van der Waals surface area (Å²) in [5.74, 6) is 0.993. The van der Waals surface area contributed by atoms with Crippen molar-refractivity contribution in [3.63, 3.8) is 0 Å². The first-order valence-corrected chi connectivity index (χ1v) is 10.3. The van der Waals surface area contributed by atoms with Crippen LogP contribution in [0.4, 0.5) is 18.0 Å². The van der Waals surface area contributed by atoms with Crippen LogP contribution in [0.1, 0.15) is 37.9 Å². The Bertz CT molecular complexity index is 1090. The topological polar surface area (TPSA) is 69.5 Å². The molecule has 2 amide bonds. The summed E-state index contributed by atoms with van der Waals surface area (Å²) in [5.41, 5.74) is 2.49. The summed E-state index contributed by atoms with van der Waals surface area (Å²) in [7, 11) is 0. The summed E-state index contributed by atoms with van der Waals surface area (Å²) in [4.78, 5) is 27.7. The van der Waals surface area contributed by atoms with Crippen molar-refractivity contribution in [2.45, 2.75) is 44.3 Å². The van der Waals surface area contributed by atoms with E-state index in [1.807, 2.05) is 16.7 Å². The quantitative estimate of drug-likeness (QED) is 0.651. The molecule has 3 aromatic rings. The van der Waals surface area contributed by atoms with E-state index in [0.29, 0.717) is 19.5 Å². The average Bonchev–Trinajstić information content (AvgIpc) is 3.44. The highest BCUT2D eigenvalue weighted by molar-refractivity contribution is 5.76. The zero-order chi connectivity index (χ0) is 21.0. The van der Waals surface area contributed by atoms with Crippen molar-refractivity contribution >= 4 is 22.7 Å². The predicted molar refractivity (Wildman–Crippen MR) is 104 cm³/mol. The van der Waals surface area contributed by atoms with Crippen molar-refractivity contribution in [3.8, 4) is 0 Å². The number of carbonyl (C=O) groups is 1. The van der Waals surface area contributed by atoms with E-state index in [1.165, 1.54) is 0 Å². The van der Waals surface area contributed by atoms with Gasteiger partial charge in [0.15, 0.2) is 5.65 Å². The number of hydrogen-bond donors (Lipinski definition) is 1. The smallest absolute Gasteiger partial charge is 0.345 e. The fourth-order valence-corrected chi connectivity index (χ4v) is 4.86. The second-order valence-corrected chi connectivity index (χ2v) is 8.34. The number of imidazole rings is 1. The van der Waals surface area contributed by atoms with E-state index in [9.17, 15) is 18.0 Å². The first-order chi connectivity index (χ1) is 14.3. The van der Waals surface area contributed by atoms with Crippen LogP contribution in [0.15, 0.2) is 24.7 Å². The number of nitrogens with one attached hydrogen (secondary N) is 1. The van der Waals surface area contributed by atoms with Gasteiger partial charge in [-0.3, -0.25) is 4.40 Å². The van der Waals surface area contributed by atoms with E-state index in [-0.39, 0.29) is 24.8 Å². The van der Waals surface area contributed by atoms with E-state index in [0.717, 1.165) is 33.8 Å². The molecule has 5 heterocycles. The number of rotatable bonds is 1. The molecule has 0 saturated carbocycles. The summed E-state index contributed by atoms with van der Waals surface area (Å²) in [5, 5.41) is 0. The number of likely N-dealkylation sites (tertiary alicyclic amines) is 2. The van der Waals surface area contributed by atoms with Crippen LogP contribution in [0.3, 0.4) is 0 Å². The molecule has 1 N–H and O–H groups in total. The molecule has 0 unspecified atom stereocenters. The van der Waals surface area contributed by atoms with E-state index < -0.39 is 18.2 Å². The highest BCUT2D eigenvalue weighted by atomic mass is 19.4. The number of amides is 2. The number of carbonyl (C=O) groups excluding carboxylic acids is 1. The Morgan fingerprint density at radius 3 is 2.80 bits per heavy atom. The van der Waals surface area contributed by atoms with Gasteiger partial charge in [-0.1, -0.05) is 6.92 Å². The van der Waals surface area contributed by atoms with Crippen LogP contribution < -0.4 is 0 Å². The number of hydrogen-bond acceptors (Lipinski definition) is 3. The van der Waals surface area contributed by atoms with Crippen molar-refractivity contribution in [2.75, 3.05) is 19.6 Å². The van der Waals surface area contributed by atoms with Gasteiger partial charge in [-0.15, -0.1) is 0 Å². The number of halogens is 3. The maximum atomic E-state index is 13.4. The number of fused-ring (bicyclic) bond motifs is 3. The molecule has 160 valence electrons. The lowest BCUT2D eigenvalue weighted by atomic mass is 9.86. The SMILES string of the molecule is C[C@@H]1CCN(C(=O)N2CCC[C@@H]2C(F)(F)F)C[C@@H]1c1ncc2cnc3[nH]ccc3n12. The average molecular weight is 420 g/mol. The molecular weight excluding hydrogens is 397 g/mol. The Kier molecular flexibility index (Phi) is 4.41. The molecule has 5 rings (SSSR count). The van der Waals surface area contributed by atoms with Crippen LogP contribution >= 0.6 is 0 Å². The highest BCUT2D eigenvalue weighted by Crippen LogP contribution is 2.36. The fraction of sp³-hybridized carbons (Fsp3) is 0.550. The summed E-state index contributed by atoms with van der Waals surface area (Å²) < 4.78 is 42.1. The lowest BCUT2D eigenvalue weighted by molar-refractivity contribution is -0.170. The van der Waals surface area contributed by atoms with Gasteiger partial charge in [0.05, 0.1) is 23.4 Å². The number of urea groups is 1. The normalized spacial score (nSPS) is 25.5. The van der Waals surface area contributed by atoms with Crippen molar-refractivity contribution < 1.29 is 18.0 Å². The summed E-state index contributed by atoms with van der Waals surface area (Å²) in [6, 6.07) is -0.267. The van der Waals surface area contributed by atoms with E-state index in [1.54, 1.807) is 17.3 Å². The number of aromatic amines is 1. The third-order valence-corrected chi connectivity index (χ3v) is 6.52. The molecule has 0 bridgehead atoms. The monoisotopic (exact) mass is 420 g/mol. The summed E-state index contributed by atoms with van der Waals surface area (Å²) in [6.45, 7) is 3.08. The standard InChI is InChI=1S/C20H23F3N6O/c1-12-5-8-27(19(30)28-7-2-3-16(28)20(21,22)23)11-14(12)18-26-10-13-9-25-17-15(29(13)18)4-6-24-17/h4,6,9-10,12,14,16,24H,2-3,5,7-8,11H2,1H3/t12-,14+,16-/m1/s1. The molecule has 2 aliphatic rings. The van der Waals surface area contributed by atoms with Gasteiger partial charge in [0.2, 0.25) is 0 Å². The van der Waals surface area contributed by atoms with Crippen LogP contribution in [-0.2, 0) is 0 Å². The number of piperidine rings is 1. The van der Waals surface area contributed by atoms with Gasteiger partial charge in [0, 0.05) is 31.7 Å². The summed E-state index contributed by atoms with van der Waals surface area (Å²) in [6.07, 6.45) is 2.00. The molecule has 0 spiro atoms. The first-order valence-electron chi connectivity index (χ1n) is 10.3. The molecule has 0 radical (unpaired) electrons. The third-order valence-electron chi connectivity index (χ3n) is 6.52. The Balaban J connectivity index is 1.45. The van der Waals surface area contributed by atoms with Crippen molar-refractivity contribution in [1.29, 1.82) is 0 Å². The van der Waals surface area contributed by atoms with Crippen molar-refractivity contribution in [3.05, 3.63) is 30.5 Å². The maximum Gasteiger partial charge on any atom is 0.408 e. The van der Waals surface area contributed by atoms with Gasteiger partial charge in [-0.25, -0.2) is 14.8 Å². The second-order valence-electron chi connectivity index (χ2n) is 8.34. The number of aromatic nitrogens is 4. The van der Waals surface area contributed by atoms with Gasteiger partial charge >= 0.3 is 12.2 Å². The molecule has 2 saturated heterocycles. The van der Waals surface area contributed by atoms with Gasteiger partial charge in [0.1, 0.15) is 11.9 Å². The van der Waals surface area contributed by atoms with Gasteiger partial charge in [0.25, 0.3) is 0 Å². The first kappa shape index (κ1) is 19.2. The molecule has 3 atom stereocenters. The lowest BCUT2D eigenvalue weighted by Gasteiger charge is -2.39. The van der Waals surface area contributed by atoms with E-state index >= 15 is 0 Å². The number of nitrogens with zero attached hydrogens (tertiary/aromatic N) is 5. The number of H-pyrrole nitrogens is 1. The molecular formula is C20H23F3N6O. The van der Waals surface area contributed by atoms with Gasteiger partial charge < -0.3 is 14.8 Å². The zero-order valence-electron chi connectivity index (χ0n) is 16.6. The Morgan fingerprint density at radius 1 is 1.20 bits per heavy atom. The van der Waals surface area contributed by atoms with Crippen molar-refractivity contribution in [2.24, 2.45) is 5.92 Å². The molecule has 3 aromatic heterocycles. The Morgan fingerprint density at radius 2 is 2.00 bits per heavy atom. The summed E-state index contributed by atoms with van der Waals surface area (Å²) >= 11 is 0. The zero-order valence-corrected chi connectivity index (χ0v) is 16.6. The van der Waals surface area contributed by atoms with Crippen LogP contribution in [0.2, 0.25) is 0 Å². The third kappa shape index (κ3) is 3.00. The van der Waals surface area contributed by atoms with Gasteiger partial charge in [-0.2, -0.15) is 13.2 Å². The molecule has 10 heteroatoms. The molecule has 0 aromatic carbocycles. The predicted octanol–water partition coefficient (Wildman–Crippen LogP) is 3.78. The minimum atomic E-state index is -4.39. The molecule has 30 heavy (non-hydrogen) atoms. The Hall–Kier alpha value is -2.78. The van der Waals surface area contributed by atoms with E-state index in [4.69, 9.17) is 0 Å². The largest absolute Gasteiger partial charge is 0.408 e.